The van der Waals surface area contributed by atoms with Crippen LogP contribution in [-0.2, 0) is 4.79 Å². The lowest BCUT2D eigenvalue weighted by Gasteiger charge is -2.00. The second-order valence-electron chi connectivity index (χ2n) is 4.37. The van der Waals surface area contributed by atoms with Crippen LogP contribution in [0.25, 0.3) is 0 Å². The van der Waals surface area contributed by atoms with Gasteiger partial charge in [0.15, 0.2) is 0 Å². The van der Waals surface area contributed by atoms with Crippen molar-refractivity contribution >= 4 is 5.78 Å². The van der Waals surface area contributed by atoms with Gasteiger partial charge in [-0.2, -0.15) is 0 Å². The fourth-order valence-corrected chi connectivity index (χ4v) is 1.71. The number of aliphatic hydroxyl groups excluding tert-OH is 1. The van der Waals surface area contributed by atoms with E-state index in [1.165, 1.54) is 38.5 Å². The van der Waals surface area contributed by atoms with E-state index in [0.717, 1.165) is 19.3 Å². The summed E-state index contributed by atoms with van der Waals surface area (Å²) in [6.07, 6.45) is 14.3. The molecule has 0 spiro atoms. The van der Waals surface area contributed by atoms with E-state index in [4.69, 9.17) is 5.11 Å². The first kappa shape index (κ1) is 15.4. The van der Waals surface area contributed by atoms with E-state index in [0.29, 0.717) is 5.78 Å². The number of carbonyl (C=O) groups excluding carboxylic acids is 1. The third kappa shape index (κ3) is 13.4. The second-order valence-corrected chi connectivity index (χ2v) is 4.37. The lowest BCUT2D eigenvalue weighted by molar-refractivity contribution is -0.117. The molecule has 16 heavy (non-hydrogen) atoms. The fourth-order valence-electron chi connectivity index (χ4n) is 1.71. The molecule has 0 aliphatic rings. The standard InChI is InChI=1S/C14H26O2/c1-14(16)12-10-8-6-4-2-3-5-7-9-11-13-15/h9,11,15H,2-8,10,12-13H2,1H3/b11-9-. The smallest absolute Gasteiger partial charge is 0.129 e. The van der Waals surface area contributed by atoms with E-state index in [1.807, 2.05) is 12.2 Å². The van der Waals surface area contributed by atoms with Crippen molar-refractivity contribution in [2.75, 3.05) is 6.61 Å². The SMILES string of the molecule is CC(=O)CCCCCCCCC/C=C\CO. The van der Waals surface area contributed by atoms with Crippen LogP contribution in [-0.4, -0.2) is 17.5 Å². The molecule has 0 amide bonds. The highest BCUT2D eigenvalue weighted by molar-refractivity contribution is 5.75. The quantitative estimate of drug-likeness (QED) is 0.431. The zero-order valence-corrected chi connectivity index (χ0v) is 10.6. The van der Waals surface area contributed by atoms with E-state index < -0.39 is 0 Å². The van der Waals surface area contributed by atoms with Crippen LogP contribution < -0.4 is 0 Å². The summed E-state index contributed by atoms with van der Waals surface area (Å²) >= 11 is 0. The summed E-state index contributed by atoms with van der Waals surface area (Å²) in [5, 5.41) is 8.52. The molecule has 2 nitrogen and oxygen atoms in total. The van der Waals surface area contributed by atoms with Crippen molar-refractivity contribution in [2.45, 2.75) is 64.7 Å². The topological polar surface area (TPSA) is 37.3 Å². The molecule has 0 atom stereocenters. The van der Waals surface area contributed by atoms with Crippen LogP contribution >= 0.6 is 0 Å². The molecule has 2 heteroatoms. The number of hydrogen-bond acceptors (Lipinski definition) is 2. The third-order valence-electron chi connectivity index (χ3n) is 2.67. The molecule has 94 valence electrons. The largest absolute Gasteiger partial charge is 0.392 e. The molecule has 0 aromatic rings. The van der Waals surface area contributed by atoms with Crippen LogP contribution in [0.15, 0.2) is 12.2 Å². The van der Waals surface area contributed by atoms with Crippen LogP contribution in [0, 0.1) is 0 Å². The average molecular weight is 226 g/mol. The van der Waals surface area contributed by atoms with Gasteiger partial charge in [0, 0.05) is 6.42 Å². The Bertz CT molecular complexity index is 185. The average Bonchev–Trinajstić information content (AvgIpc) is 2.25. The van der Waals surface area contributed by atoms with E-state index in [1.54, 1.807) is 6.92 Å². The summed E-state index contributed by atoms with van der Waals surface area (Å²) in [4.78, 5) is 10.7. The van der Waals surface area contributed by atoms with Gasteiger partial charge in [0.1, 0.15) is 5.78 Å². The summed E-state index contributed by atoms with van der Waals surface area (Å²) in [5.41, 5.74) is 0. The van der Waals surface area contributed by atoms with Gasteiger partial charge in [-0.15, -0.1) is 0 Å². The van der Waals surface area contributed by atoms with Crippen LogP contribution in [0.3, 0.4) is 0 Å². The lowest BCUT2D eigenvalue weighted by Crippen LogP contribution is -1.89. The molecule has 0 saturated carbocycles. The molecule has 0 radical (unpaired) electrons. The van der Waals surface area contributed by atoms with Crippen molar-refractivity contribution in [1.29, 1.82) is 0 Å². The molecule has 0 rings (SSSR count). The van der Waals surface area contributed by atoms with E-state index in [2.05, 4.69) is 0 Å². The third-order valence-corrected chi connectivity index (χ3v) is 2.67. The first-order chi connectivity index (χ1) is 7.77. The second kappa shape index (κ2) is 12.4. The van der Waals surface area contributed by atoms with E-state index in [9.17, 15) is 4.79 Å². The van der Waals surface area contributed by atoms with Gasteiger partial charge in [0.25, 0.3) is 0 Å². The van der Waals surface area contributed by atoms with Crippen LogP contribution in [0.5, 0.6) is 0 Å². The number of unbranched alkanes of at least 4 members (excludes halogenated alkanes) is 7. The van der Waals surface area contributed by atoms with E-state index >= 15 is 0 Å². The van der Waals surface area contributed by atoms with Gasteiger partial charge in [0.2, 0.25) is 0 Å². The summed E-state index contributed by atoms with van der Waals surface area (Å²) in [5.74, 6) is 0.315. The van der Waals surface area contributed by atoms with E-state index in [-0.39, 0.29) is 6.61 Å². The molecule has 0 unspecified atom stereocenters. The maximum atomic E-state index is 10.7. The van der Waals surface area contributed by atoms with Crippen molar-refractivity contribution in [3.8, 4) is 0 Å². The molecule has 1 N–H and O–H groups in total. The molecule has 0 heterocycles. The van der Waals surface area contributed by atoms with Crippen molar-refractivity contribution in [2.24, 2.45) is 0 Å². The number of Topliss-reactive ketones (excluding diaryl/α,β-unsaturated/α-hetero) is 1. The zero-order valence-electron chi connectivity index (χ0n) is 10.6. The molecule has 0 fully saturated rings. The maximum Gasteiger partial charge on any atom is 0.129 e. The summed E-state index contributed by atoms with van der Waals surface area (Å²) in [6.45, 7) is 1.83. The molecule has 0 aliphatic heterocycles. The number of carbonyl (C=O) groups is 1. The van der Waals surface area contributed by atoms with Crippen LogP contribution in [0.1, 0.15) is 64.7 Å². The molecule has 0 aliphatic carbocycles. The number of allylic oxidation sites excluding steroid dienone is 1. The predicted molar refractivity (Wildman–Crippen MR) is 68.5 cm³/mol. The van der Waals surface area contributed by atoms with Crippen molar-refractivity contribution in [1.82, 2.24) is 0 Å². The molecular formula is C14H26O2. The Labute approximate surface area is 99.7 Å². The maximum absolute atomic E-state index is 10.7. The minimum Gasteiger partial charge on any atom is -0.392 e. The number of rotatable bonds is 11. The van der Waals surface area contributed by atoms with Gasteiger partial charge < -0.3 is 9.90 Å². The molecule has 0 aromatic carbocycles. The van der Waals surface area contributed by atoms with Crippen molar-refractivity contribution in [3.05, 3.63) is 12.2 Å². The Kier molecular flexibility index (Phi) is 11.9. The highest BCUT2D eigenvalue weighted by Crippen LogP contribution is 2.09. The first-order valence-electron chi connectivity index (χ1n) is 6.52. The Balaban J connectivity index is 2.98. The highest BCUT2D eigenvalue weighted by atomic mass is 16.2. The first-order valence-corrected chi connectivity index (χ1v) is 6.52. The monoisotopic (exact) mass is 226 g/mol. The molecule has 0 bridgehead atoms. The van der Waals surface area contributed by atoms with Crippen LogP contribution in [0.4, 0.5) is 0 Å². The fraction of sp³-hybridized carbons (Fsp3) is 0.786. The minimum atomic E-state index is 0.163. The van der Waals surface area contributed by atoms with Gasteiger partial charge in [-0.3, -0.25) is 0 Å². The number of hydrogen-bond donors (Lipinski definition) is 1. The predicted octanol–water partition coefficient (Wildman–Crippen LogP) is 3.63. The Hall–Kier alpha value is -0.630. The number of aliphatic hydroxyl groups is 1. The molecule has 0 saturated heterocycles. The summed E-state index contributed by atoms with van der Waals surface area (Å²) in [7, 11) is 0. The lowest BCUT2D eigenvalue weighted by atomic mass is 10.1. The van der Waals surface area contributed by atoms with Gasteiger partial charge >= 0.3 is 0 Å². The van der Waals surface area contributed by atoms with Gasteiger partial charge in [-0.1, -0.05) is 44.3 Å². The molecule has 0 aromatic heterocycles. The summed E-state index contributed by atoms with van der Waals surface area (Å²) in [6, 6.07) is 0. The zero-order chi connectivity index (χ0) is 12.1. The van der Waals surface area contributed by atoms with Gasteiger partial charge in [-0.05, 0) is 26.2 Å². The summed E-state index contributed by atoms with van der Waals surface area (Å²) < 4.78 is 0. The van der Waals surface area contributed by atoms with Crippen molar-refractivity contribution in [3.63, 3.8) is 0 Å². The van der Waals surface area contributed by atoms with Crippen LogP contribution in [0.2, 0.25) is 0 Å². The normalized spacial score (nSPS) is 11.1. The van der Waals surface area contributed by atoms with Crippen molar-refractivity contribution < 1.29 is 9.90 Å². The highest BCUT2D eigenvalue weighted by Gasteiger charge is 1.94. The Morgan fingerprint density at radius 2 is 1.50 bits per heavy atom. The Morgan fingerprint density at radius 3 is 2.06 bits per heavy atom. The minimum absolute atomic E-state index is 0.163. The molecular weight excluding hydrogens is 200 g/mol. The Morgan fingerprint density at radius 1 is 0.938 bits per heavy atom. The van der Waals surface area contributed by atoms with Gasteiger partial charge in [-0.25, -0.2) is 0 Å². The van der Waals surface area contributed by atoms with Gasteiger partial charge in [0.05, 0.1) is 6.61 Å². The number of ketones is 1.